The summed E-state index contributed by atoms with van der Waals surface area (Å²) in [5.41, 5.74) is 5.79. The van der Waals surface area contributed by atoms with Gasteiger partial charge >= 0.3 is 5.97 Å². The van der Waals surface area contributed by atoms with E-state index in [4.69, 9.17) is 15.6 Å². The Bertz CT molecular complexity index is 587. The quantitative estimate of drug-likeness (QED) is 0.668. The molecule has 1 aliphatic rings. The molecule has 0 heterocycles. The van der Waals surface area contributed by atoms with Crippen LogP contribution in [-0.4, -0.2) is 29.5 Å². The summed E-state index contributed by atoms with van der Waals surface area (Å²) in [5.74, 6) is -2.28. The zero-order valence-corrected chi connectivity index (χ0v) is 12.0. The highest BCUT2D eigenvalue weighted by molar-refractivity contribution is 5.86. The maximum Gasteiger partial charge on any atom is 0.307 e. The summed E-state index contributed by atoms with van der Waals surface area (Å²) in [5, 5.41) is 11.7. The van der Waals surface area contributed by atoms with E-state index >= 15 is 0 Å². The van der Waals surface area contributed by atoms with Gasteiger partial charge in [0.05, 0.1) is 11.8 Å². The van der Waals surface area contributed by atoms with Gasteiger partial charge in [-0.05, 0) is 30.5 Å². The van der Waals surface area contributed by atoms with Crippen molar-refractivity contribution in [1.29, 1.82) is 0 Å². The SMILES string of the molecule is NC(=O)COc1cccc(CNC(=O)C2CCC2C(=O)O)c1. The third-order valence-electron chi connectivity index (χ3n) is 3.67. The Morgan fingerprint density at radius 1 is 1.27 bits per heavy atom. The van der Waals surface area contributed by atoms with E-state index in [9.17, 15) is 14.4 Å². The molecule has 2 rings (SSSR count). The first kappa shape index (κ1) is 15.8. The molecule has 7 nitrogen and oxygen atoms in total. The van der Waals surface area contributed by atoms with Gasteiger partial charge in [0.2, 0.25) is 5.91 Å². The van der Waals surface area contributed by atoms with Crippen LogP contribution >= 0.6 is 0 Å². The van der Waals surface area contributed by atoms with Crippen molar-refractivity contribution in [2.24, 2.45) is 17.6 Å². The average molecular weight is 306 g/mol. The molecule has 7 heteroatoms. The lowest BCUT2D eigenvalue weighted by molar-refractivity contribution is -0.152. The molecule has 22 heavy (non-hydrogen) atoms. The Morgan fingerprint density at radius 3 is 2.59 bits per heavy atom. The molecule has 1 aromatic carbocycles. The number of benzene rings is 1. The molecule has 118 valence electrons. The Hall–Kier alpha value is -2.57. The molecule has 0 aromatic heterocycles. The smallest absolute Gasteiger partial charge is 0.307 e. The largest absolute Gasteiger partial charge is 0.484 e. The summed E-state index contributed by atoms with van der Waals surface area (Å²) in [6, 6.07) is 6.91. The molecule has 0 aliphatic heterocycles. The van der Waals surface area contributed by atoms with Gasteiger partial charge in [-0.2, -0.15) is 0 Å². The van der Waals surface area contributed by atoms with Crippen LogP contribution in [0.15, 0.2) is 24.3 Å². The second kappa shape index (κ2) is 6.93. The van der Waals surface area contributed by atoms with E-state index in [-0.39, 0.29) is 19.1 Å². The molecule has 1 aliphatic carbocycles. The summed E-state index contributed by atoms with van der Waals surface area (Å²) < 4.78 is 5.18. The number of rotatable bonds is 7. The van der Waals surface area contributed by atoms with Gasteiger partial charge in [-0.3, -0.25) is 14.4 Å². The lowest BCUT2D eigenvalue weighted by Gasteiger charge is -2.31. The number of hydrogen-bond acceptors (Lipinski definition) is 4. The molecule has 0 spiro atoms. The fourth-order valence-corrected chi connectivity index (χ4v) is 2.33. The molecule has 2 unspecified atom stereocenters. The molecule has 1 saturated carbocycles. The number of carbonyl (C=O) groups excluding carboxylic acids is 2. The lowest BCUT2D eigenvalue weighted by atomic mass is 9.73. The highest BCUT2D eigenvalue weighted by atomic mass is 16.5. The Labute approximate surface area is 127 Å². The Morgan fingerprint density at radius 2 is 2.00 bits per heavy atom. The number of nitrogens with one attached hydrogen (secondary N) is 1. The number of aliphatic carboxylic acids is 1. The minimum absolute atomic E-state index is 0.210. The molecule has 0 radical (unpaired) electrons. The highest BCUT2D eigenvalue weighted by Gasteiger charge is 2.41. The molecule has 1 fully saturated rings. The standard InChI is InChI=1S/C15H18N2O5/c16-13(18)8-22-10-3-1-2-9(6-10)7-17-14(19)11-4-5-12(11)15(20)21/h1-3,6,11-12H,4-5,7-8H2,(H2,16,18)(H,17,19)(H,20,21). The van der Waals surface area contributed by atoms with Crippen LogP contribution in [0.3, 0.4) is 0 Å². The number of hydrogen-bond donors (Lipinski definition) is 3. The van der Waals surface area contributed by atoms with E-state index in [1.165, 1.54) is 0 Å². The van der Waals surface area contributed by atoms with Crippen molar-refractivity contribution in [3.8, 4) is 5.75 Å². The summed E-state index contributed by atoms with van der Waals surface area (Å²) >= 11 is 0. The predicted molar refractivity (Wildman–Crippen MR) is 76.8 cm³/mol. The normalized spacial score (nSPS) is 19.8. The number of nitrogens with two attached hydrogens (primary N) is 1. The van der Waals surface area contributed by atoms with Crippen LogP contribution < -0.4 is 15.8 Å². The van der Waals surface area contributed by atoms with Gasteiger partial charge in [0.15, 0.2) is 6.61 Å². The average Bonchev–Trinajstić information content (AvgIpc) is 2.41. The zero-order valence-electron chi connectivity index (χ0n) is 12.0. The second-order valence-corrected chi connectivity index (χ2v) is 5.25. The number of carboxylic acids is 1. The van der Waals surface area contributed by atoms with Gasteiger partial charge in [0.1, 0.15) is 5.75 Å². The van der Waals surface area contributed by atoms with E-state index in [0.717, 1.165) is 5.56 Å². The number of carbonyl (C=O) groups is 3. The maximum atomic E-state index is 11.9. The molecule has 0 saturated heterocycles. The fraction of sp³-hybridized carbons (Fsp3) is 0.400. The number of ether oxygens (including phenoxy) is 1. The van der Waals surface area contributed by atoms with Gasteiger partial charge < -0.3 is 20.9 Å². The summed E-state index contributed by atoms with van der Waals surface area (Å²) in [4.78, 5) is 33.5. The van der Waals surface area contributed by atoms with Crippen LogP contribution in [0.1, 0.15) is 18.4 Å². The molecular weight excluding hydrogens is 288 g/mol. The van der Waals surface area contributed by atoms with Crippen molar-refractivity contribution in [2.75, 3.05) is 6.61 Å². The third-order valence-corrected chi connectivity index (χ3v) is 3.67. The van der Waals surface area contributed by atoms with Crippen LogP contribution in [0, 0.1) is 11.8 Å². The first-order valence-corrected chi connectivity index (χ1v) is 6.98. The highest BCUT2D eigenvalue weighted by Crippen LogP contribution is 2.34. The van der Waals surface area contributed by atoms with E-state index in [1.807, 2.05) is 0 Å². The minimum Gasteiger partial charge on any atom is -0.484 e. The van der Waals surface area contributed by atoms with E-state index in [0.29, 0.717) is 18.6 Å². The van der Waals surface area contributed by atoms with Gasteiger partial charge in [-0.25, -0.2) is 0 Å². The van der Waals surface area contributed by atoms with Gasteiger partial charge in [-0.15, -0.1) is 0 Å². The molecule has 4 N–H and O–H groups in total. The molecule has 2 atom stereocenters. The summed E-state index contributed by atoms with van der Waals surface area (Å²) in [6.45, 7) is 0.0631. The van der Waals surface area contributed by atoms with Crippen LogP contribution in [0.5, 0.6) is 5.75 Å². The van der Waals surface area contributed by atoms with E-state index in [2.05, 4.69) is 5.32 Å². The van der Waals surface area contributed by atoms with Gasteiger partial charge in [0.25, 0.3) is 5.91 Å². The Kier molecular flexibility index (Phi) is 4.98. The van der Waals surface area contributed by atoms with Crippen LogP contribution in [-0.2, 0) is 20.9 Å². The minimum atomic E-state index is -0.923. The summed E-state index contributed by atoms with van der Waals surface area (Å²) in [6.07, 6.45) is 1.15. The van der Waals surface area contributed by atoms with Crippen molar-refractivity contribution < 1.29 is 24.2 Å². The van der Waals surface area contributed by atoms with Crippen molar-refractivity contribution in [1.82, 2.24) is 5.32 Å². The van der Waals surface area contributed by atoms with Crippen molar-refractivity contribution >= 4 is 17.8 Å². The fourth-order valence-electron chi connectivity index (χ4n) is 2.33. The zero-order chi connectivity index (χ0) is 16.1. The lowest BCUT2D eigenvalue weighted by Crippen LogP contribution is -2.43. The summed E-state index contributed by atoms with van der Waals surface area (Å²) in [7, 11) is 0. The van der Waals surface area contributed by atoms with Crippen LogP contribution in [0.4, 0.5) is 0 Å². The van der Waals surface area contributed by atoms with Crippen LogP contribution in [0.25, 0.3) is 0 Å². The van der Waals surface area contributed by atoms with E-state index < -0.39 is 23.7 Å². The third kappa shape index (κ3) is 3.97. The first-order chi connectivity index (χ1) is 10.5. The van der Waals surface area contributed by atoms with Gasteiger partial charge in [-0.1, -0.05) is 12.1 Å². The molecular formula is C15H18N2O5. The van der Waals surface area contributed by atoms with Crippen molar-refractivity contribution in [3.05, 3.63) is 29.8 Å². The second-order valence-electron chi connectivity index (χ2n) is 5.25. The van der Waals surface area contributed by atoms with Crippen molar-refractivity contribution in [2.45, 2.75) is 19.4 Å². The predicted octanol–water partition coefficient (Wildman–Crippen LogP) is 0.278. The van der Waals surface area contributed by atoms with E-state index in [1.54, 1.807) is 24.3 Å². The topological polar surface area (TPSA) is 119 Å². The molecule has 1 aromatic rings. The van der Waals surface area contributed by atoms with Gasteiger partial charge in [0, 0.05) is 6.54 Å². The number of primary amides is 1. The first-order valence-electron chi connectivity index (χ1n) is 6.98. The van der Waals surface area contributed by atoms with Crippen molar-refractivity contribution in [3.63, 3.8) is 0 Å². The van der Waals surface area contributed by atoms with Crippen LogP contribution in [0.2, 0.25) is 0 Å². The molecule has 2 amide bonds. The Balaban J connectivity index is 1.86. The molecule has 0 bridgehead atoms. The number of amides is 2. The number of carboxylic acid groups (broad SMARTS) is 1. The monoisotopic (exact) mass is 306 g/mol. The maximum absolute atomic E-state index is 11.9.